The van der Waals surface area contributed by atoms with Crippen molar-refractivity contribution >= 4 is 5.97 Å². The predicted octanol–water partition coefficient (Wildman–Crippen LogP) is 3.19. The Balaban J connectivity index is 1.90. The normalized spacial score (nSPS) is 16.3. The number of benzene rings is 1. The first kappa shape index (κ1) is 11.1. The molecule has 3 nitrogen and oxygen atoms in total. The Bertz CT molecular complexity index is 367. The van der Waals surface area contributed by atoms with Gasteiger partial charge in [0, 0.05) is 0 Å². The maximum absolute atomic E-state index is 11.7. The fraction of sp³-hybridized carbons (Fsp3) is 0.385. The van der Waals surface area contributed by atoms with Crippen LogP contribution in [-0.4, -0.2) is 5.97 Å². The largest absolute Gasteiger partial charge is 0.373 e. The molecule has 0 N–H and O–H groups in total. The van der Waals surface area contributed by atoms with Crippen molar-refractivity contribution in [3.8, 4) is 0 Å². The smallest absolute Gasteiger partial charge is 0.292 e. The summed E-state index contributed by atoms with van der Waals surface area (Å²) in [5.74, 6) is -0.419. The van der Waals surface area contributed by atoms with Gasteiger partial charge in [-0.25, -0.2) is 4.79 Å². The van der Waals surface area contributed by atoms with Crippen LogP contribution in [0.3, 0.4) is 0 Å². The van der Waals surface area contributed by atoms with Crippen molar-refractivity contribution in [1.29, 1.82) is 0 Å². The second kappa shape index (κ2) is 5.12. The van der Waals surface area contributed by atoms with Gasteiger partial charge in [0.2, 0.25) is 0 Å². The molecule has 0 spiro atoms. The first-order chi connectivity index (χ1) is 7.77. The first-order valence-electron chi connectivity index (χ1n) is 5.56. The van der Waals surface area contributed by atoms with E-state index in [1.54, 1.807) is 6.07 Å². The van der Waals surface area contributed by atoms with Crippen molar-refractivity contribution < 1.29 is 14.6 Å². The van der Waals surface area contributed by atoms with E-state index < -0.39 is 5.97 Å². The molecule has 0 amide bonds. The monoisotopic (exact) mass is 219 g/mol. The Hall–Kier alpha value is -1.35. The molecule has 0 saturated heterocycles. The maximum atomic E-state index is 11.7. The third-order valence-electron chi connectivity index (χ3n) is 2.76. The molecule has 1 radical (unpaired) electrons. The maximum Gasteiger partial charge on any atom is 0.373 e. The zero-order chi connectivity index (χ0) is 11.4. The minimum atomic E-state index is -0.419. The molecular formula is C13H15O3. The molecule has 1 aromatic rings. The van der Waals surface area contributed by atoms with Gasteiger partial charge in [0.1, 0.15) is 6.10 Å². The minimum Gasteiger partial charge on any atom is -0.292 e. The molecule has 85 valence electrons. The van der Waals surface area contributed by atoms with Gasteiger partial charge in [0.25, 0.3) is 0 Å². The Labute approximate surface area is 95.3 Å². The number of aryl methyl sites for hydroxylation is 1. The third-order valence-corrected chi connectivity index (χ3v) is 2.76. The van der Waals surface area contributed by atoms with Crippen LogP contribution in [0.25, 0.3) is 0 Å². The van der Waals surface area contributed by atoms with Gasteiger partial charge in [0.05, 0.1) is 5.56 Å². The first-order valence-corrected chi connectivity index (χ1v) is 5.56. The van der Waals surface area contributed by atoms with Crippen molar-refractivity contribution in [3.05, 3.63) is 41.5 Å². The van der Waals surface area contributed by atoms with Gasteiger partial charge in [-0.2, -0.15) is 4.89 Å². The third kappa shape index (κ3) is 2.61. The molecule has 2 rings (SSSR count). The van der Waals surface area contributed by atoms with Crippen LogP contribution in [0.1, 0.15) is 41.6 Å². The second-order valence-electron chi connectivity index (χ2n) is 4.01. The average Bonchev–Trinajstić information content (AvgIpc) is 2.79. The van der Waals surface area contributed by atoms with E-state index in [4.69, 9.17) is 9.78 Å². The highest BCUT2D eigenvalue weighted by Crippen LogP contribution is 2.28. The number of carbonyl (C=O) groups is 1. The number of hydrogen-bond acceptors (Lipinski definition) is 3. The zero-order valence-corrected chi connectivity index (χ0v) is 9.36. The van der Waals surface area contributed by atoms with Crippen molar-refractivity contribution in [3.63, 3.8) is 0 Å². The van der Waals surface area contributed by atoms with Crippen LogP contribution in [-0.2, 0) is 9.78 Å². The van der Waals surface area contributed by atoms with Gasteiger partial charge >= 0.3 is 5.97 Å². The van der Waals surface area contributed by atoms with Crippen molar-refractivity contribution in [2.24, 2.45) is 0 Å². The van der Waals surface area contributed by atoms with E-state index in [0.29, 0.717) is 5.56 Å². The lowest BCUT2D eigenvalue weighted by atomic mass is 10.1. The van der Waals surface area contributed by atoms with Crippen molar-refractivity contribution in [1.82, 2.24) is 0 Å². The highest BCUT2D eigenvalue weighted by molar-refractivity contribution is 5.90. The Morgan fingerprint density at radius 2 is 1.88 bits per heavy atom. The second-order valence-corrected chi connectivity index (χ2v) is 4.01. The molecule has 16 heavy (non-hydrogen) atoms. The summed E-state index contributed by atoms with van der Waals surface area (Å²) in [5, 5.41) is 0. The van der Waals surface area contributed by atoms with Gasteiger partial charge in [-0.05, 0) is 31.4 Å². The van der Waals surface area contributed by atoms with E-state index in [9.17, 15) is 4.79 Å². The summed E-state index contributed by atoms with van der Waals surface area (Å²) < 4.78 is 0. The molecule has 1 aromatic carbocycles. The molecule has 1 saturated carbocycles. The molecular weight excluding hydrogens is 204 g/mol. The van der Waals surface area contributed by atoms with Gasteiger partial charge in [-0.3, -0.25) is 4.89 Å². The highest BCUT2D eigenvalue weighted by atomic mass is 17.2. The Morgan fingerprint density at radius 3 is 2.56 bits per heavy atom. The zero-order valence-electron chi connectivity index (χ0n) is 9.36. The molecule has 0 aliphatic heterocycles. The van der Waals surface area contributed by atoms with E-state index in [1.165, 1.54) is 0 Å². The predicted molar refractivity (Wildman–Crippen MR) is 59.4 cm³/mol. The fourth-order valence-electron chi connectivity index (χ4n) is 1.80. The summed E-state index contributed by atoms with van der Waals surface area (Å²) in [6.07, 6.45) is 4.93. The Kier molecular flexibility index (Phi) is 3.57. The van der Waals surface area contributed by atoms with Crippen molar-refractivity contribution in [2.45, 2.75) is 32.6 Å². The van der Waals surface area contributed by atoms with Crippen LogP contribution in [0.4, 0.5) is 0 Å². The number of carbonyl (C=O) groups excluding carboxylic acids is 1. The van der Waals surface area contributed by atoms with Gasteiger partial charge in [-0.1, -0.05) is 31.0 Å². The summed E-state index contributed by atoms with van der Waals surface area (Å²) in [6.45, 7) is 1.87. The lowest BCUT2D eigenvalue weighted by Gasteiger charge is -2.08. The van der Waals surface area contributed by atoms with E-state index in [-0.39, 0.29) is 0 Å². The summed E-state index contributed by atoms with van der Waals surface area (Å²) in [4.78, 5) is 21.5. The van der Waals surface area contributed by atoms with E-state index >= 15 is 0 Å². The molecule has 0 unspecified atom stereocenters. The van der Waals surface area contributed by atoms with Crippen LogP contribution in [0.15, 0.2) is 24.3 Å². The quantitative estimate of drug-likeness (QED) is 0.578. The van der Waals surface area contributed by atoms with Gasteiger partial charge in [-0.15, -0.1) is 0 Å². The summed E-state index contributed by atoms with van der Waals surface area (Å²) >= 11 is 0. The lowest BCUT2D eigenvalue weighted by molar-refractivity contribution is -0.234. The molecule has 0 atom stereocenters. The van der Waals surface area contributed by atoms with Crippen LogP contribution in [0, 0.1) is 13.0 Å². The van der Waals surface area contributed by atoms with Crippen LogP contribution in [0.2, 0.25) is 0 Å². The summed E-state index contributed by atoms with van der Waals surface area (Å²) in [5.41, 5.74) is 1.45. The van der Waals surface area contributed by atoms with E-state index in [2.05, 4.69) is 0 Å². The molecule has 0 aromatic heterocycles. The number of hydrogen-bond donors (Lipinski definition) is 0. The topological polar surface area (TPSA) is 35.5 Å². The highest BCUT2D eigenvalue weighted by Gasteiger charge is 2.20. The Morgan fingerprint density at radius 1 is 1.19 bits per heavy atom. The SMILES string of the molecule is Cc1ccccc1C(=O)OO[C]1CCCC1. The molecule has 0 heterocycles. The van der Waals surface area contributed by atoms with E-state index in [0.717, 1.165) is 37.4 Å². The fourth-order valence-corrected chi connectivity index (χ4v) is 1.80. The minimum absolute atomic E-state index is 0.419. The summed E-state index contributed by atoms with van der Waals surface area (Å²) in [7, 11) is 0. The van der Waals surface area contributed by atoms with E-state index in [1.807, 2.05) is 25.1 Å². The summed E-state index contributed by atoms with van der Waals surface area (Å²) in [6, 6.07) is 7.31. The van der Waals surface area contributed by atoms with Gasteiger partial charge < -0.3 is 0 Å². The van der Waals surface area contributed by atoms with Crippen LogP contribution in [0.5, 0.6) is 0 Å². The van der Waals surface area contributed by atoms with Crippen LogP contribution >= 0.6 is 0 Å². The van der Waals surface area contributed by atoms with Gasteiger partial charge in [0.15, 0.2) is 0 Å². The molecule has 3 heteroatoms. The van der Waals surface area contributed by atoms with Crippen LogP contribution < -0.4 is 0 Å². The molecule has 0 bridgehead atoms. The average molecular weight is 219 g/mol. The molecule has 1 fully saturated rings. The molecule has 1 aliphatic carbocycles. The number of rotatable bonds is 3. The lowest BCUT2D eigenvalue weighted by Crippen LogP contribution is -2.09. The molecule has 1 aliphatic rings. The standard InChI is InChI=1S/C13H15O3/c1-10-6-2-5-9-12(10)13(14)16-15-11-7-3-4-8-11/h2,5-6,9H,3-4,7-8H2,1H3. The van der Waals surface area contributed by atoms with Crippen molar-refractivity contribution in [2.75, 3.05) is 0 Å².